The van der Waals surface area contributed by atoms with Crippen LogP contribution in [0.2, 0.25) is 0 Å². The number of unbranched alkanes of at least 4 members (excludes halogenated alkanes) is 22. The van der Waals surface area contributed by atoms with E-state index >= 15 is 0 Å². The fraction of sp³-hybridized carbons (Fsp3) is 0.585. The molecule has 6 nitrogen and oxygen atoms in total. The molecule has 0 aliphatic rings. The number of allylic oxidation sites excluding steroid dienone is 24. The Kier molecular flexibility index (Phi) is 54.0. The highest BCUT2D eigenvalue weighted by atomic mass is 16.6. The predicted molar refractivity (Wildman–Crippen MR) is 306 cm³/mol. The van der Waals surface area contributed by atoms with E-state index in [1.165, 1.54) is 64.2 Å². The first-order chi connectivity index (χ1) is 35.0. The third kappa shape index (κ3) is 56.1. The van der Waals surface area contributed by atoms with Gasteiger partial charge < -0.3 is 14.2 Å². The van der Waals surface area contributed by atoms with Crippen molar-refractivity contribution in [2.24, 2.45) is 0 Å². The standard InChI is InChI=1S/C65H102O6/c1-4-7-10-13-16-19-22-25-28-31-34-37-40-43-46-49-52-55-58-64(67)70-61-62(60-69-63(66)57-54-51-48-45-42-39-36-33-30-27-24-21-18-15-12-9-6-3)71-65(68)59-56-53-50-47-44-41-38-35-32-29-26-23-20-17-14-11-8-5-2/h10-11,13-14,16-23,25-32,34-35,37-38,62H,4-9,12,15,24,33,36,39-61H2,1-3H3/b13-10-,14-11-,19-16-,20-17-,21-18-,25-22-,26-23-,30-27-,31-28-,32-29-,37-34-,38-35-. The molecule has 398 valence electrons. The van der Waals surface area contributed by atoms with Crippen molar-refractivity contribution in [1.82, 2.24) is 0 Å². The van der Waals surface area contributed by atoms with Crippen LogP contribution >= 0.6 is 0 Å². The van der Waals surface area contributed by atoms with Crippen LogP contribution < -0.4 is 0 Å². The summed E-state index contributed by atoms with van der Waals surface area (Å²) >= 11 is 0. The summed E-state index contributed by atoms with van der Waals surface area (Å²) in [6.45, 7) is 6.38. The molecule has 6 heteroatoms. The topological polar surface area (TPSA) is 78.9 Å². The highest BCUT2D eigenvalue weighted by Crippen LogP contribution is 2.14. The van der Waals surface area contributed by atoms with Crippen molar-refractivity contribution in [3.63, 3.8) is 0 Å². The second kappa shape index (κ2) is 57.9. The Morgan fingerprint density at radius 2 is 0.592 bits per heavy atom. The lowest BCUT2D eigenvalue weighted by atomic mass is 10.1. The van der Waals surface area contributed by atoms with Crippen LogP contribution in [0.4, 0.5) is 0 Å². The van der Waals surface area contributed by atoms with Crippen molar-refractivity contribution in [2.75, 3.05) is 13.2 Å². The molecule has 0 rings (SSSR count). The van der Waals surface area contributed by atoms with E-state index in [-0.39, 0.29) is 37.5 Å². The molecule has 0 aromatic heterocycles. The lowest BCUT2D eigenvalue weighted by Crippen LogP contribution is -2.30. The van der Waals surface area contributed by atoms with Crippen LogP contribution in [0.15, 0.2) is 146 Å². The van der Waals surface area contributed by atoms with Gasteiger partial charge in [0.15, 0.2) is 6.10 Å². The third-order valence-electron chi connectivity index (χ3n) is 11.5. The molecule has 0 aromatic carbocycles. The zero-order valence-electron chi connectivity index (χ0n) is 45.4. The number of esters is 3. The molecule has 0 saturated heterocycles. The summed E-state index contributed by atoms with van der Waals surface area (Å²) < 4.78 is 16.8. The summed E-state index contributed by atoms with van der Waals surface area (Å²) in [5, 5.41) is 0. The molecule has 1 unspecified atom stereocenters. The molecule has 0 fully saturated rings. The summed E-state index contributed by atoms with van der Waals surface area (Å²) in [7, 11) is 0. The van der Waals surface area contributed by atoms with E-state index in [0.717, 1.165) is 122 Å². The minimum atomic E-state index is -0.814. The molecule has 0 radical (unpaired) electrons. The summed E-state index contributed by atoms with van der Waals surface area (Å²) in [6.07, 6.45) is 82.4. The number of hydrogen-bond donors (Lipinski definition) is 0. The van der Waals surface area contributed by atoms with Crippen LogP contribution in [0.25, 0.3) is 0 Å². The summed E-state index contributed by atoms with van der Waals surface area (Å²) in [5.41, 5.74) is 0. The molecule has 0 bridgehead atoms. The first-order valence-electron chi connectivity index (χ1n) is 28.5. The SMILES string of the molecule is CCC\C=C/C=C\C=C/C=C\C=C/CCCCCCCC(=O)OCC(COC(=O)CCCCCCCCC/C=C\C/C=C\CCCCC)OC(=O)CCCCCCC\C=C/C=C\C=C/C=C\C=C/CCC. The monoisotopic (exact) mass is 979 g/mol. The average Bonchev–Trinajstić information content (AvgIpc) is 3.37. The van der Waals surface area contributed by atoms with E-state index in [1.807, 2.05) is 60.8 Å². The lowest BCUT2D eigenvalue weighted by molar-refractivity contribution is -0.167. The van der Waals surface area contributed by atoms with E-state index in [4.69, 9.17) is 14.2 Å². The number of ether oxygens (including phenoxy) is 3. The van der Waals surface area contributed by atoms with Crippen LogP contribution in [-0.4, -0.2) is 37.2 Å². The zero-order valence-corrected chi connectivity index (χ0v) is 45.4. The molecule has 1 atom stereocenters. The van der Waals surface area contributed by atoms with Crippen LogP contribution in [0.3, 0.4) is 0 Å². The number of hydrogen-bond acceptors (Lipinski definition) is 6. The van der Waals surface area contributed by atoms with Gasteiger partial charge in [-0.2, -0.15) is 0 Å². The second-order valence-electron chi connectivity index (χ2n) is 18.4. The molecular weight excluding hydrogens is 877 g/mol. The van der Waals surface area contributed by atoms with Crippen LogP contribution in [0.1, 0.15) is 226 Å². The fourth-order valence-electron chi connectivity index (χ4n) is 7.24. The Morgan fingerprint density at radius 1 is 0.296 bits per heavy atom. The fourth-order valence-corrected chi connectivity index (χ4v) is 7.24. The summed E-state index contributed by atoms with van der Waals surface area (Å²) in [4.78, 5) is 38.2. The van der Waals surface area contributed by atoms with Crippen molar-refractivity contribution >= 4 is 17.9 Å². The van der Waals surface area contributed by atoms with Gasteiger partial charge in [0.1, 0.15) is 13.2 Å². The molecule has 0 amide bonds. The smallest absolute Gasteiger partial charge is 0.306 e. The summed E-state index contributed by atoms with van der Waals surface area (Å²) in [6, 6.07) is 0. The number of rotatable bonds is 49. The predicted octanol–water partition coefficient (Wildman–Crippen LogP) is 19.2. The summed E-state index contributed by atoms with van der Waals surface area (Å²) in [5.74, 6) is -0.972. The van der Waals surface area contributed by atoms with Gasteiger partial charge in [-0.05, 0) is 89.9 Å². The van der Waals surface area contributed by atoms with Crippen molar-refractivity contribution in [1.29, 1.82) is 0 Å². The van der Waals surface area contributed by atoms with Crippen LogP contribution in [0.5, 0.6) is 0 Å². The van der Waals surface area contributed by atoms with Gasteiger partial charge >= 0.3 is 17.9 Å². The first kappa shape index (κ1) is 66.3. The van der Waals surface area contributed by atoms with E-state index in [1.54, 1.807) is 0 Å². The number of carbonyl (C=O) groups excluding carboxylic acids is 3. The quantitative estimate of drug-likeness (QED) is 0.0199. The Labute approximate surface area is 436 Å². The van der Waals surface area contributed by atoms with Crippen molar-refractivity contribution < 1.29 is 28.6 Å². The normalized spacial score (nSPS) is 13.2. The molecule has 0 saturated carbocycles. The Hall–Kier alpha value is -4.71. The van der Waals surface area contributed by atoms with Gasteiger partial charge in [-0.25, -0.2) is 0 Å². The van der Waals surface area contributed by atoms with Gasteiger partial charge in [-0.15, -0.1) is 0 Å². The Morgan fingerprint density at radius 3 is 0.958 bits per heavy atom. The largest absolute Gasteiger partial charge is 0.462 e. The van der Waals surface area contributed by atoms with E-state index in [2.05, 4.69) is 106 Å². The molecule has 0 N–H and O–H groups in total. The van der Waals surface area contributed by atoms with E-state index in [9.17, 15) is 14.4 Å². The first-order valence-corrected chi connectivity index (χ1v) is 28.5. The van der Waals surface area contributed by atoms with E-state index in [0.29, 0.717) is 12.8 Å². The third-order valence-corrected chi connectivity index (χ3v) is 11.5. The van der Waals surface area contributed by atoms with Crippen LogP contribution in [-0.2, 0) is 28.6 Å². The van der Waals surface area contributed by atoms with E-state index < -0.39 is 6.10 Å². The van der Waals surface area contributed by atoms with Gasteiger partial charge in [-0.3, -0.25) is 14.4 Å². The molecule has 0 aliphatic carbocycles. The van der Waals surface area contributed by atoms with Crippen molar-refractivity contribution in [2.45, 2.75) is 232 Å². The van der Waals surface area contributed by atoms with Gasteiger partial charge in [0.25, 0.3) is 0 Å². The lowest BCUT2D eigenvalue weighted by Gasteiger charge is -2.18. The second-order valence-corrected chi connectivity index (χ2v) is 18.4. The maximum Gasteiger partial charge on any atom is 0.306 e. The maximum atomic E-state index is 12.9. The van der Waals surface area contributed by atoms with Crippen LogP contribution in [0, 0.1) is 0 Å². The van der Waals surface area contributed by atoms with Crippen molar-refractivity contribution in [3.8, 4) is 0 Å². The maximum absolute atomic E-state index is 12.9. The minimum absolute atomic E-state index is 0.108. The molecular formula is C65H102O6. The molecule has 0 heterocycles. The Balaban J connectivity index is 4.55. The highest BCUT2D eigenvalue weighted by Gasteiger charge is 2.19. The molecule has 71 heavy (non-hydrogen) atoms. The molecule has 0 aliphatic heterocycles. The number of carbonyl (C=O) groups is 3. The Bertz CT molecular complexity index is 1590. The molecule has 0 spiro atoms. The average molecular weight is 980 g/mol. The van der Waals surface area contributed by atoms with Gasteiger partial charge in [0, 0.05) is 19.3 Å². The van der Waals surface area contributed by atoms with Gasteiger partial charge in [0.05, 0.1) is 0 Å². The van der Waals surface area contributed by atoms with Gasteiger partial charge in [0.2, 0.25) is 0 Å². The minimum Gasteiger partial charge on any atom is -0.462 e. The van der Waals surface area contributed by atoms with Gasteiger partial charge in [-0.1, -0.05) is 263 Å². The molecule has 0 aromatic rings. The zero-order chi connectivity index (χ0) is 51.4. The van der Waals surface area contributed by atoms with Crippen molar-refractivity contribution in [3.05, 3.63) is 146 Å². The highest BCUT2D eigenvalue weighted by molar-refractivity contribution is 5.71.